The molecule has 0 aliphatic heterocycles. The quantitative estimate of drug-likeness (QED) is 0.855. The Balaban J connectivity index is 2.39. The first-order chi connectivity index (χ1) is 9.28. The number of rotatable bonds is 3. The molecule has 2 aromatic carbocycles. The van der Waals surface area contributed by atoms with E-state index in [1.54, 1.807) is 12.1 Å². The number of hydrogen-bond acceptors (Lipinski definition) is 4. The minimum absolute atomic E-state index is 0.588. The van der Waals surface area contributed by atoms with E-state index in [-0.39, 0.29) is 0 Å². The third-order valence-electron chi connectivity index (χ3n) is 2.63. The fourth-order valence-electron chi connectivity index (χ4n) is 1.74. The maximum Gasteiger partial charge on any atom is 0.103 e. The average molecular weight is 265 g/mol. The molecule has 0 fully saturated rings. The molecule has 0 saturated carbocycles. The molecule has 0 unspecified atom stereocenters. The van der Waals surface area contributed by atoms with E-state index < -0.39 is 0 Å². The molecule has 1 N–H and O–H groups in total. The summed E-state index contributed by atoms with van der Waals surface area (Å²) >= 11 is 1.54. The number of nitrogens with zero attached hydrogens (tertiary/aromatic N) is 2. The van der Waals surface area contributed by atoms with Gasteiger partial charge in [0.1, 0.15) is 6.07 Å². The van der Waals surface area contributed by atoms with Gasteiger partial charge < -0.3 is 5.32 Å². The molecule has 0 aliphatic rings. The first-order valence-corrected chi connectivity index (χ1v) is 6.85. The van der Waals surface area contributed by atoms with Crippen molar-refractivity contribution in [2.24, 2.45) is 0 Å². The molecule has 0 spiro atoms. The van der Waals surface area contributed by atoms with Crippen LogP contribution >= 0.6 is 11.8 Å². The van der Waals surface area contributed by atoms with Gasteiger partial charge in [-0.3, -0.25) is 0 Å². The molecule has 0 amide bonds. The molecule has 0 bridgehead atoms. The smallest absolute Gasteiger partial charge is 0.103 e. The second kappa shape index (κ2) is 5.95. The fraction of sp³-hybridized carbons (Fsp3) is 0.0667. The molecule has 92 valence electrons. The lowest BCUT2D eigenvalue weighted by Crippen LogP contribution is -1.95. The Hall–Kier alpha value is -2.43. The van der Waals surface area contributed by atoms with E-state index in [9.17, 15) is 5.26 Å². The maximum atomic E-state index is 9.25. The molecule has 0 aromatic heterocycles. The van der Waals surface area contributed by atoms with E-state index in [4.69, 9.17) is 5.26 Å². The molecule has 0 heterocycles. The summed E-state index contributed by atoms with van der Waals surface area (Å²) in [6, 6.07) is 17.2. The Kier molecular flexibility index (Phi) is 4.07. The summed E-state index contributed by atoms with van der Waals surface area (Å²) < 4.78 is 0. The van der Waals surface area contributed by atoms with E-state index in [1.165, 1.54) is 11.8 Å². The summed E-state index contributed by atoms with van der Waals surface area (Å²) in [5.41, 5.74) is 2.76. The normalized spacial score (nSPS) is 9.42. The van der Waals surface area contributed by atoms with Gasteiger partial charge in [-0.1, -0.05) is 12.1 Å². The fourth-order valence-corrected chi connectivity index (χ4v) is 2.32. The number of benzene rings is 2. The van der Waals surface area contributed by atoms with Crippen molar-refractivity contribution in [3.8, 4) is 12.1 Å². The highest BCUT2D eigenvalue weighted by molar-refractivity contribution is 7.98. The zero-order valence-corrected chi connectivity index (χ0v) is 11.2. The number of nitrogens with one attached hydrogen (secondary N) is 1. The highest BCUT2D eigenvalue weighted by Gasteiger charge is 2.07. The van der Waals surface area contributed by atoms with Crippen LogP contribution in [0.4, 0.5) is 11.4 Å². The average Bonchev–Trinajstić information content (AvgIpc) is 2.47. The summed E-state index contributed by atoms with van der Waals surface area (Å²) in [4.78, 5) is 0.934. The molecule has 0 atom stereocenters. The number of hydrogen-bond donors (Lipinski definition) is 1. The molecule has 2 aromatic rings. The molecule has 3 nitrogen and oxygen atoms in total. The maximum absolute atomic E-state index is 9.25. The van der Waals surface area contributed by atoms with Crippen LogP contribution in [-0.4, -0.2) is 6.26 Å². The second-order valence-electron chi connectivity index (χ2n) is 3.81. The van der Waals surface area contributed by atoms with Crippen LogP contribution < -0.4 is 5.32 Å². The highest BCUT2D eigenvalue weighted by Crippen LogP contribution is 2.28. The Morgan fingerprint density at radius 2 is 1.84 bits per heavy atom. The zero-order valence-electron chi connectivity index (χ0n) is 10.3. The van der Waals surface area contributed by atoms with Crippen LogP contribution in [0.2, 0.25) is 0 Å². The Morgan fingerprint density at radius 1 is 1.05 bits per heavy atom. The van der Waals surface area contributed by atoms with Crippen molar-refractivity contribution in [3.63, 3.8) is 0 Å². The van der Waals surface area contributed by atoms with Crippen LogP contribution in [0.15, 0.2) is 47.4 Å². The summed E-state index contributed by atoms with van der Waals surface area (Å²) in [5, 5.41) is 21.3. The van der Waals surface area contributed by atoms with Gasteiger partial charge >= 0.3 is 0 Å². The molecule has 19 heavy (non-hydrogen) atoms. The summed E-state index contributed by atoms with van der Waals surface area (Å²) in [6.07, 6.45) is 1.94. The van der Waals surface area contributed by atoms with Crippen molar-refractivity contribution in [2.75, 3.05) is 11.6 Å². The van der Waals surface area contributed by atoms with Crippen molar-refractivity contribution in [1.82, 2.24) is 0 Å². The van der Waals surface area contributed by atoms with Crippen molar-refractivity contribution < 1.29 is 0 Å². The molecule has 0 radical (unpaired) electrons. The van der Waals surface area contributed by atoms with Crippen molar-refractivity contribution in [2.45, 2.75) is 4.90 Å². The predicted molar refractivity (Wildman–Crippen MR) is 77.4 cm³/mol. The van der Waals surface area contributed by atoms with Crippen LogP contribution in [0.5, 0.6) is 0 Å². The van der Waals surface area contributed by atoms with Gasteiger partial charge in [0.05, 0.1) is 22.9 Å². The van der Waals surface area contributed by atoms with Crippen LogP contribution in [-0.2, 0) is 0 Å². The number of nitriles is 2. The number of thioether (sulfide) groups is 1. The van der Waals surface area contributed by atoms with Crippen molar-refractivity contribution in [1.29, 1.82) is 10.5 Å². The van der Waals surface area contributed by atoms with Gasteiger partial charge in [0.2, 0.25) is 0 Å². The molecule has 0 saturated heterocycles. The topological polar surface area (TPSA) is 59.6 Å². The molecular formula is C15H11N3S. The van der Waals surface area contributed by atoms with Gasteiger partial charge in [0.25, 0.3) is 0 Å². The standard InChI is InChI=1S/C15H11N3S/c1-19-15-7-3-6-14(13(15)10-17)18-12-5-2-4-11(8-12)9-16/h2-8,18H,1H3. The van der Waals surface area contributed by atoms with Gasteiger partial charge in [-0.25, -0.2) is 0 Å². The Morgan fingerprint density at radius 3 is 2.53 bits per heavy atom. The Bertz CT molecular complexity index is 681. The van der Waals surface area contributed by atoms with E-state index in [1.807, 2.05) is 36.6 Å². The van der Waals surface area contributed by atoms with Crippen LogP contribution in [0.3, 0.4) is 0 Å². The van der Waals surface area contributed by atoms with E-state index in [2.05, 4.69) is 17.5 Å². The second-order valence-corrected chi connectivity index (χ2v) is 4.66. The van der Waals surface area contributed by atoms with E-state index >= 15 is 0 Å². The molecule has 2 rings (SSSR count). The molecular weight excluding hydrogens is 254 g/mol. The van der Waals surface area contributed by atoms with Crippen molar-refractivity contribution in [3.05, 3.63) is 53.6 Å². The van der Waals surface area contributed by atoms with Gasteiger partial charge in [-0.2, -0.15) is 10.5 Å². The highest BCUT2D eigenvalue weighted by atomic mass is 32.2. The van der Waals surface area contributed by atoms with Crippen LogP contribution in [0.25, 0.3) is 0 Å². The Labute approximate surface area is 116 Å². The minimum Gasteiger partial charge on any atom is -0.354 e. The SMILES string of the molecule is CSc1cccc(Nc2cccc(C#N)c2)c1C#N. The molecule has 0 aliphatic carbocycles. The minimum atomic E-state index is 0.588. The van der Waals surface area contributed by atoms with E-state index in [0.717, 1.165) is 16.3 Å². The zero-order chi connectivity index (χ0) is 13.7. The lowest BCUT2D eigenvalue weighted by atomic mass is 10.1. The van der Waals surface area contributed by atoms with Gasteiger partial charge in [0, 0.05) is 10.6 Å². The van der Waals surface area contributed by atoms with Gasteiger partial charge in [-0.05, 0) is 36.6 Å². The van der Waals surface area contributed by atoms with Crippen molar-refractivity contribution >= 4 is 23.1 Å². The lowest BCUT2D eigenvalue weighted by molar-refractivity contribution is 1.36. The summed E-state index contributed by atoms with van der Waals surface area (Å²) in [6.45, 7) is 0. The number of anilines is 2. The predicted octanol–water partition coefficient (Wildman–Crippen LogP) is 3.90. The van der Waals surface area contributed by atoms with Crippen LogP contribution in [0.1, 0.15) is 11.1 Å². The summed E-state index contributed by atoms with van der Waals surface area (Å²) in [7, 11) is 0. The third-order valence-corrected chi connectivity index (χ3v) is 3.41. The molecule has 4 heteroatoms. The third kappa shape index (κ3) is 2.88. The lowest BCUT2D eigenvalue weighted by Gasteiger charge is -2.10. The van der Waals surface area contributed by atoms with Gasteiger partial charge in [0.15, 0.2) is 0 Å². The first kappa shape index (κ1) is 13.0. The van der Waals surface area contributed by atoms with Gasteiger partial charge in [-0.15, -0.1) is 11.8 Å². The monoisotopic (exact) mass is 265 g/mol. The largest absolute Gasteiger partial charge is 0.354 e. The summed E-state index contributed by atoms with van der Waals surface area (Å²) in [5.74, 6) is 0. The van der Waals surface area contributed by atoms with Crippen LogP contribution in [0, 0.1) is 22.7 Å². The van der Waals surface area contributed by atoms with E-state index in [0.29, 0.717) is 11.1 Å². The first-order valence-electron chi connectivity index (χ1n) is 5.62.